The van der Waals surface area contributed by atoms with Crippen molar-refractivity contribution in [1.29, 1.82) is 5.26 Å². The molecule has 1 unspecified atom stereocenters. The Morgan fingerprint density at radius 1 is 1.00 bits per heavy atom. The molecule has 2 aliphatic rings. The predicted molar refractivity (Wildman–Crippen MR) is 152 cm³/mol. The van der Waals surface area contributed by atoms with Crippen molar-refractivity contribution >= 4 is 28.9 Å². The van der Waals surface area contributed by atoms with Crippen molar-refractivity contribution in [2.45, 2.75) is 39.3 Å². The monoisotopic (exact) mass is 524 g/mol. The molecular formula is C32H33FN4O2. The average Bonchev–Trinajstić information content (AvgIpc) is 3.01. The van der Waals surface area contributed by atoms with E-state index in [1.54, 1.807) is 48.3 Å². The topological polar surface area (TPSA) is 76.4 Å². The standard InChI is InChI=1S/C32H33FN4O2/c1-31(2,3)30(39)35-23-13-14-27(21(19-23)20-34)37-17-15-22(16-18-37)32(33)25-10-6-5-9-24(25)29(38)36(4)28-12-8-7-11-26(28)32/h5-14,19,22H,15-18H2,1-4H3,(H,35,39). The summed E-state index contributed by atoms with van der Waals surface area (Å²) in [5, 5.41) is 12.8. The van der Waals surface area contributed by atoms with Crippen molar-refractivity contribution in [3.05, 3.63) is 89.0 Å². The molecule has 5 rings (SSSR count). The summed E-state index contributed by atoms with van der Waals surface area (Å²) in [6.45, 7) is 6.63. The molecule has 2 aliphatic heterocycles. The second-order valence-corrected chi connectivity index (χ2v) is 11.4. The Kier molecular flexibility index (Phi) is 6.67. The summed E-state index contributed by atoms with van der Waals surface area (Å²) >= 11 is 0. The maximum Gasteiger partial charge on any atom is 0.258 e. The summed E-state index contributed by atoms with van der Waals surface area (Å²) in [5.74, 6) is -0.695. The molecule has 39 heavy (non-hydrogen) atoms. The molecule has 3 aromatic rings. The lowest BCUT2D eigenvalue weighted by atomic mass is 9.72. The number of benzene rings is 3. The van der Waals surface area contributed by atoms with Crippen LogP contribution in [0.25, 0.3) is 0 Å². The van der Waals surface area contributed by atoms with E-state index in [-0.39, 0.29) is 17.7 Å². The molecule has 2 amide bonds. The van der Waals surface area contributed by atoms with Crippen LogP contribution < -0.4 is 15.1 Å². The SMILES string of the molecule is CN1C(=O)c2ccccc2C(F)(C2CCN(c3ccc(NC(=O)C(C)(C)C)cc3C#N)CC2)c2ccccc21. The number of amides is 2. The van der Waals surface area contributed by atoms with Gasteiger partial charge in [0.1, 0.15) is 6.07 Å². The van der Waals surface area contributed by atoms with Gasteiger partial charge < -0.3 is 15.1 Å². The molecule has 0 radical (unpaired) electrons. The number of carbonyl (C=O) groups is 2. The minimum Gasteiger partial charge on any atom is -0.370 e. The summed E-state index contributed by atoms with van der Waals surface area (Å²) in [6.07, 6.45) is 1.09. The van der Waals surface area contributed by atoms with E-state index in [2.05, 4.69) is 16.3 Å². The highest BCUT2D eigenvalue weighted by Gasteiger charge is 2.49. The van der Waals surface area contributed by atoms with Crippen molar-refractivity contribution in [2.75, 3.05) is 35.3 Å². The van der Waals surface area contributed by atoms with Gasteiger partial charge in [-0.2, -0.15) is 5.26 Å². The number of anilines is 3. The van der Waals surface area contributed by atoms with Gasteiger partial charge in [-0.15, -0.1) is 0 Å². The van der Waals surface area contributed by atoms with Crippen molar-refractivity contribution < 1.29 is 14.0 Å². The summed E-state index contributed by atoms with van der Waals surface area (Å²) in [6, 6.07) is 21.9. The highest BCUT2D eigenvalue weighted by molar-refractivity contribution is 6.08. The number of hydrogen-bond donors (Lipinski definition) is 1. The Balaban J connectivity index is 1.44. The second kappa shape index (κ2) is 9.85. The quantitative estimate of drug-likeness (QED) is 0.439. The number of nitriles is 1. The molecular weight excluding hydrogens is 491 g/mol. The molecule has 3 aromatic carbocycles. The number of halogens is 1. The lowest BCUT2D eigenvalue weighted by Crippen LogP contribution is -2.42. The van der Waals surface area contributed by atoms with Crippen LogP contribution >= 0.6 is 0 Å². The maximum absolute atomic E-state index is 17.7. The number of hydrogen-bond acceptors (Lipinski definition) is 4. The first-order valence-electron chi connectivity index (χ1n) is 13.3. The van der Waals surface area contributed by atoms with Gasteiger partial charge in [-0.3, -0.25) is 9.59 Å². The van der Waals surface area contributed by atoms with Gasteiger partial charge in [0.05, 0.1) is 16.9 Å². The first-order valence-corrected chi connectivity index (χ1v) is 13.3. The van der Waals surface area contributed by atoms with Crippen LogP contribution in [0.3, 0.4) is 0 Å². The minimum absolute atomic E-state index is 0.124. The number of nitrogens with zero attached hydrogens (tertiary/aromatic N) is 3. The van der Waals surface area contributed by atoms with Crippen molar-refractivity contribution in [3.63, 3.8) is 0 Å². The van der Waals surface area contributed by atoms with Crippen LogP contribution in [0.4, 0.5) is 21.5 Å². The van der Waals surface area contributed by atoms with Gasteiger partial charge in [-0.25, -0.2) is 4.39 Å². The van der Waals surface area contributed by atoms with Gasteiger partial charge in [0, 0.05) is 53.8 Å². The van der Waals surface area contributed by atoms with Crippen LogP contribution in [0.2, 0.25) is 0 Å². The molecule has 6 nitrogen and oxygen atoms in total. The zero-order valence-electron chi connectivity index (χ0n) is 22.8. The van der Waals surface area contributed by atoms with Gasteiger partial charge in [0.25, 0.3) is 5.91 Å². The fraction of sp³-hybridized carbons (Fsp3) is 0.344. The molecule has 1 fully saturated rings. The summed E-state index contributed by atoms with van der Waals surface area (Å²) < 4.78 is 17.7. The molecule has 0 saturated carbocycles. The van der Waals surface area contributed by atoms with E-state index in [9.17, 15) is 14.9 Å². The number of para-hydroxylation sites is 1. The van der Waals surface area contributed by atoms with E-state index in [0.717, 1.165) is 5.69 Å². The van der Waals surface area contributed by atoms with Crippen LogP contribution in [0, 0.1) is 22.7 Å². The zero-order chi connectivity index (χ0) is 27.9. The molecule has 2 heterocycles. The fourth-order valence-electron chi connectivity index (χ4n) is 5.75. The third kappa shape index (κ3) is 4.54. The molecule has 0 spiro atoms. The molecule has 0 aromatic heterocycles. The van der Waals surface area contributed by atoms with Crippen LogP contribution in [0.1, 0.15) is 60.7 Å². The molecule has 1 saturated heterocycles. The van der Waals surface area contributed by atoms with Crippen LogP contribution in [0.5, 0.6) is 0 Å². The molecule has 0 bridgehead atoms. The second-order valence-electron chi connectivity index (χ2n) is 11.4. The maximum atomic E-state index is 17.7. The first-order chi connectivity index (χ1) is 18.6. The smallest absolute Gasteiger partial charge is 0.258 e. The van der Waals surface area contributed by atoms with E-state index < -0.39 is 11.1 Å². The Bertz CT molecular complexity index is 1480. The molecule has 1 N–H and O–H groups in total. The third-order valence-electron chi connectivity index (χ3n) is 7.97. The van der Waals surface area contributed by atoms with Crippen molar-refractivity contribution in [1.82, 2.24) is 0 Å². The van der Waals surface area contributed by atoms with Crippen LogP contribution in [0.15, 0.2) is 66.7 Å². The van der Waals surface area contributed by atoms with E-state index in [0.29, 0.717) is 59.6 Å². The lowest BCUT2D eigenvalue weighted by molar-refractivity contribution is -0.123. The molecule has 7 heteroatoms. The third-order valence-corrected chi connectivity index (χ3v) is 7.97. The van der Waals surface area contributed by atoms with Gasteiger partial charge >= 0.3 is 0 Å². The molecule has 200 valence electrons. The largest absolute Gasteiger partial charge is 0.370 e. The highest BCUT2D eigenvalue weighted by Crippen LogP contribution is 2.51. The number of rotatable bonds is 3. The van der Waals surface area contributed by atoms with Gasteiger partial charge in [0.2, 0.25) is 5.91 Å². The Morgan fingerprint density at radius 3 is 2.31 bits per heavy atom. The van der Waals surface area contributed by atoms with Crippen molar-refractivity contribution in [2.24, 2.45) is 11.3 Å². The fourth-order valence-corrected chi connectivity index (χ4v) is 5.75. The summed E-state index contributed by atoms with van der Waals surface area (Å²) in [5.41, 5.74) is 1.34. The number of alkyl halides is 1. The normalized spacial score (nSPS) is 19.5. The molecule has 1 atom stereocenters. The van der Waals surface area contributed by atoms with E-state index in [1.165, 1.54) is 0 Å². The van der Waals surface area contributed by atoms with E-state index >= 15 is 4.39 Å². The van der Waals surface area contributed by atoms with Crippen molar-refractivity contribution in [3.8, 4) is 6.07 Å². The molecule has 0 aliphatic carbocycles. The Hall–Kier alpha value is -4.18. The number of fused-ring (bicyclic) bond motifs is 2. The highest BCUT2D eigenvalue weighted by atomic mass is 19.1. The Morgan fingerprint density at radius 2 is 1.64 bits per heavy atom. The lowest BCUT2D eigenvalue weighted by Gasteiger charge is -2.41. The van der Waals surface area contributed by atoms with Crippen LogP contribution in [-0.4, -0.2) is 32.0 Å². The number of carbonyl (C=O) groups excluding carboxylic acids is 2. The van der Waals surface area contributed by atoms with Crippen LogP contribution in [-0.2, 0) is 10.5 Å². The summed E-state index contributed by atoms with van der Waals surface area (Å²) in [4.78, 5) is 29.4. The first kappa shape index (κ1) is 26.4. The zero-order valence-corrected chi connectivity index (χ0v) is 22.8. The number of piperidine rings is 1. The number of nitrogens with one attached hydrogen (secondary N) is 1. The van der Waals surface area contributed by atoms with Gasteiger partial charge in [-0.05, 0) is 43.2 Å². The average molecular weight is 525 g/mol. The van der Waals surface area contributed by atoms with E-state index in [1.807, 2.05) is 51.1 Å². The van der Waals surface area contributed by atoms with Gasteiger partial charge in [-0.1, -0.05) is 57.2 Å². The Labute approximate surface area is 229 Å². The summed E-state index contributed by atoms with van der Waals surface area (Å²) in [7, 11) is 1.70. The van der Waals surface area contributed by atoms with Gasteiger partial charge in [0.15, 0.2) is 5.67 Å². The minimum atomic E-state index is -1.83. The van der Waals surface area contributed by atoms with E-state index in [4.69, 9.17) is 0 Å². The predicted octanol–water partition coefficient (Wildman–Crippen LogP) is 6.26.